The predicted octanol–water partition coefficient (Wildman–Crippen LogP) is 2.16. The Morgan fingerprint density at radius 1 is 1.07 bits per heavy atom. The number of nitrogens with two attached hydrogens (primary N) is 1. The number of sulfonamides is 1. The number of amides is 1. The fourth-order valence-corrected chi connectivity index (χ4v) is 4.36. The molecule has 0 unspecified atom stereocenters. The Kier molecular flexibility index (Phi) is 7.46. The van der Waals surface area contributed by atoms with Crippen molar-refractivity contribution in [1.82, 2.24) is 9.62 Å². The van der Waals surface area contributed by atoms with E-state index in [0.29, 0.717) is 38.2 Å². The van der Waals surface area contributed by atoms with Gasteiger partial charge in [0.05, 0.1) is 4.90 Å². The molecule has 8 heteroatoms. The number of nitrogen functional groups attached to an aromatic ring is 1. The lowest BCUT2D eigenvalue weighted by Crippen LogP contribution is -2.30. The zero-order valence-corrected chi connectivity index (χ0v) is 17.5. The standard InChI is InChI=1S/C20H25N3O3S.ClH/c1-15(24)23-12-9-17-4-7-20(14-18(17)10-13-23)27(25,26)22-11-8-16-2-5-19(21)6-3-16;/h2-7,14,22H,8-13,21H2,1H3;1H. The third-order valence-corrected chi connectivity index (χ3v) is 6.38. The zero-order chi connectivity index (χ0) is 19.4. The second-order valence-corrected chi connectivity index (χ2v) is 8.59. The second kappa shape index (κ2) is 9.41. The van der Waals surface area contributed by atoms with E-state index in [-0.39, 0.29) is 23.2 Å². The van der Waals surface area contributed by atoms with Gasteiger partial charge >= 0.3 is 0 Å². The van der Waals surface area contributed by atoms with Gasteiger partial charge < -0.3 is 10.6 Å². The van der Waals surface area contributed by atoms with Crippen LogP contribution in [-0.4, -0.2) is 38.9 Å². The van der Waals surface area contributed by atoms with Crippen LogP contribution in [0.25, 0.3) is 0 Å². The van der Waals surface area contributed by atoms with Gasteiger partial charge in [-0.2, -0.15) is 0 Å². The number of rotatable bonds is 5. The Hall–Kier alpha value is -2.09. The molecule has 0 aromatic heterocycles. The van der Waals surface area contributed by atoms with E-state index >= 15 is 0 Å². The molecule has 0 saturated heterocycles. The minimum atomic E-state index is -3.57. The summed E-state index contributed by atoms with van der Waals surface area (Å²) in [6.45, 7) is 3.18. The first-order valence-corrected chi connectivity index (χ1v) is 10.5. The summed E-state index contributed by atoms with van der Waals surface area (Å²) < 4.78 is 27.9. The van der Waals surface area contributed by atoms with E-state index in [2.05, 4.69) is 4.72 Å². The average Bonchev–Trinajstić information content (AvgIpc) is 2.85. The van der Waals surface area contributed by atoms with Gasteiger partial charge in [-0.15, -0.1) is 12.4 Å². The van der Waals surface area contributed by atoms with Gasteiger partial charge in [0.1, 0.15) is 0 Å². The smallest absolute Gasteiger partial charge is 0.240 e. The number of hydrogen-bond acceptors (Lipinski definition) is 4. The lowest BCUT2D eigenvalue weighted by Gasteiger charge is -2.17. The minimum Gasteiger partial charge on any atom is -0.399 e. The highest BCUT2D eigenvalue weighted by molar-refractivity contribution is 7.89. The van der Waals surface area contributed by atoms with E-state index in [1.165, 1.54) is 0 Å². The van der Waals surface area contributed by atoms with Crippen molar-refractivity contribution in [3.05, 3.63) is 59.2 Å². The number of nitrogens with zero attached hydrogens (tertiary/aromatic N) is 1. The SMILES string of the molecule is CC(=O)N1CCc2ccc(S(=O)(=O)NCCc3ccc(N)cc3)cc2CC1.Cl. The summed E-state index contributed by atoms with van der Waals surface area (Å²) in [5.74, 6) is 0.0555. The normalized spacial score (nSPS) is 14.0. The van der Waals surface area contributed by atoms with Crippen molar-refractivity contribution in [2.24, 2.45) is 0 Å². The molecule has 0 spiro atoms. The van der Waals surface area contributed by atoms with Gasteiger partial charge in [0.15, 0.2) is 0 Å². The summed E-state index contributed by atoms with van der Waals surface area (Å²) in [7, 11) is -3.57. The Balaban J connectivity index is 0.00000280. The van der Waals surface area contributed by atoms with Crippen molar-refractivity contribution in [3.8, 4) is 0 Å². The van der Waals surface area contributed by atoms with Crippen LogP contribution in [0.2, 0.25) is 0 Å². The highest BCUT2D eigenvalue weighted by Gasteiger charge is 2.19. The van der Waals surface area contributed by atoms with Gasteiger partial charge in [0, 0.05) is 32.2 Å². The van der Waals surface area contributed by atoms with Gasteiger partial charge in [-0.1, -0.05) is 18.2 Å². The van der Waals surface area contributed by atoms with E-state index in [4.69, 9.17) is 5.73 Å². The molecular weight excluding hydrogens is 398 g/mol. The lowest BCUT2D eigenvalue weighted by molar-refractivity contribution is -0.128. The van der Waals surface area contributed by atoms with Crippen LogP contribution in [0.15, 0.2) is 47.4 Å². The molecule has 1 aliphatic heterocycles. The maximum atomic E-state index is 12.6. The van der Waals surface area contributed by atoms with Crippen molar-refractivity contribution in [1.29, 1.82) is 0 Å². The quantitative estimate of drug-likeness (QED) is 0.721. The second-order valence-electron chi connectivity index (χ2n) is 6.83. The molecule has 0 radical (unpaired) electrons. The van der Waals surface area contributed by atoms with Crippen molar-refractivity contribution in [2.75, 3.05) is 25.4 Å². The van der Waals surface area contributed by atoms with Gasteiger partial charge in [-0.25, -0.2) is 13.1 Å². The molecule has 0 atom stereocenters. The number of carbonyl (C=O) groups excluding carboxylic acids is 1. The van der Waals surface area contributed by atoms with Crippen LogP contribution in [0.3, 0.4) is 0 Å². The van der Waals surface area contributed by atoms with Crippen LogP contribution in [-0.2, 0) is 34.1 Å². The first-order valence-electron chi connectivity index (χ1n) is 9.06. The van der Waals surface area contributed by atoms with E-state index < -0.39 is 10.0 Å². The molecule has 1 heterocycles. The van der Waals surface area contributed by atoms with Gasteiger partial charge in [-0.3, -0.25) is 4.79 Å². The number of fused-ring (bicyclic) bond motifs is 1. The maximum Gasteiger partial charge on any atom is 0.240 e. The molecular formula is C20H26ClN3O3S. The zero-order valence-electron chi connectivity index (χ0n) is 15.8. The Morgan fingerprint density at radius 2 is 1.71 bits per heavy atom. The number of halogens is 1. The van der Waals surface area contributed by atoms with Crippen LogP contribution in [0.1, 0.15) is 23.6 Å². The highest BCUT2D eigenvalue weighted by atomic mass is 35.5. The number of carbonyl (C=O) groups is 1. The summed E-state index contributed by atoms with van der Waals surface area (Å²) in [6, 6.07) is 12.7. The summed E-state index contributed by atoms with van der Waals surface area (Å²) >= 11 is 0. The predicted molar refractivity (Wildman–Crippen MR) is 113 cm³/mol. The summed E-state index contributed by atoms with van der Waals surface area (Å²) in [5.41, 5.74) is 9.48. The van der Waals surface area contributed by atoms with E-state index in [9.17, 15) is 13.2 Å². The fraction of sp³-hybridized carbons (Fsp3) is 0.350. The first kappa shape index (κ1) is 22.2. The van der Waals surface area contributed by atoms with Gasteiger partial charge in [-0.05, 0) is 60.2 Å². The minimum absolute atomic E-state index is 0. The molecule has 0 fully saturated rings. The Morgan fingerprint density at radius 3 is 2.36 bits per heavy atom. The van der Waals surface area contributed by atoms with Crippen LogP contribution >= 0.6 is 12.4 Å². The highest BCUT2D eigenvalue weighted by Crippen LogP contribution is 2.20. The van der Waals surface area contributed by atoms with Crippen molar-refractivity contribution in [3.63, 3.8) is 0 Å². The molecule has 6 nitrogen and oxygen atoms in total. The van der Waals surface area contributed by atoms with E-state index in [0.717, 1.165) is 23.1 Å². The molecule has 28 heavy (non-hydrogen) atoms. The third-order valence-electron chi connectivity index (χ3n) is 4.92. The van der Waals surface area contributed by atoms with Crippen molar-refractivity contribution >= 4 is 34.0 Å². The van der Waals surface area contributed by atoms with Gasteiger partial charge in [0.2, 0.25) is 15.9 Å². The molecule has 1 amide bonds. The molecule has 0 saturated carbocycles. The summed E-state index contributed by atoms with van der Waals surface area (Å²) in [5, 5.41) is 0. The molecule has 2 aromatic rings. The fourth-order valence-electron chi connectivity index (χ4n) is 3.28. The largest absolute Gasteiger partial charge is 0.399 e. The maximum absolute atomic E-state index is 12.6. The topological polar surface area (TPSA) is 92.5 Å². The van der Waals surface area contributed by atoms with Crippen LogP contribution < -0.4 is 10.5 Å². The van der Waals surface area contributed by atoms with Crippen LogP contribution in [0.5, 0.6) is 0 Å². The summed E-state index contributed by atoms with van der Waals surface area (Å²) in [6.07, 6.45) is 2.02. The van der Waals surface area contributed by atoms with Crippen molar-refractivity contribution < 1.29 is 13.2 Å². The number of hydrogen-bond donors (Lipinski definition) is 2. The number of nitrogens with one attached hydrogen (secondary N) is 1. The Bertz CT molecular complexity index is 930. The molecule has 3 N–H and O–H groups in total. The molecule has 0 aliphatic carbocycles. The molecule has 1 aliphatic rings. The molecule has 3 rings (SSSR count). The Labute approximate surface area is 172 Å². The van der Waals surface area contributed by atoms with Crippen molar-refractivity contribution in [2.45, 2.75) is 31.1 Å². The van der Waals surface area contributed by atoms with Crippen LogP contribution in [0.4, 0.5) is 5.69 Å². The molecule has 0 bridgehead atoms. The average molecular weight is 424 g/mol. The number of benzene rings is 2. The first-order chi connectivity index (χ1) is 12.8. The summed E-state index contributed by atoms with van der Waals surface area (Å²) in [4.78, 5) is 13.7. The number of anilines is 1. The third kappa shape index (κ3) is 5.47. The van der Waals surface area contributed by atoms with Gasteiger partial charge in [0.25, 0.3) is 0 Å². The monoisotopic (exact) mass is 423 g/mol. The van der Waals surface area contributed by atoms with E-state index in [1.807, 2.05) is 18.2 Å². The van der Waals surface area contributed by atoms with E-state index in [1.54, 1.807) is 36.1 Å². The van der Waals surface area contributed by atoms with Crippen LogP contribution in [0, 0.1) is 0 Å². The molecule has 2 aromatic carbocycles. The lowest BCUT2D eigenvalue weighted by atomic mass is 10.0. The molecule has 152 valence electrons.